The first-order valence-electron chi connectivity index (χ1n) is 9.76. The lowest BCUT2D eigenvalue weighted by atomic mass is 10.2. The van der Waals surface area contributed by atoms with Crippen LogP contribution >= 0.6 is 35.0 Å². The van der Waals surface area contributed by atoms with E-state index in [9.17, 15) is 4.79 Å². The van der Waals surface area contributed by atoms with Gasteiger partial charge in [-0.3, -0.25) is 4.57 Å². The number of rotatable bonds is 7. The zero-order chi connectivity index (χ0) is 22.3. The molecule has 0 spiro atoms. The molecule has 6 nitrogen and oxygen atoms in total. The first-order chi connectivity index (χ1) is 15.6. The van der Waals surface area contributed by atoms with Gasteiger partial charge in [-0.05, 0) is 35.9 Å². The van der Waals surface area contributed by atoms with Crippen LogP contribution in [0.1, 0.15) is 11.4 Å². The zero-order valence-electron chi connectivity index (χ0n) is 16.8. The Bertz CT molecular complexity index is 1200. The lowest BCUT2D eigenvalue weighted by molar-refractivity contribution is 0.251. The van der Waals surface area contributed by atoms with Crippen molar-refractivity contribution in [2.24, 2.45) is 0 Å². The van der Waals surface area contributed by atoms with E-state index in [0.29, 0.717) is 38.2 Å². The molecule has 4 rings (SSSR count). The molecule has 2 amide bonds. The van der Waals surface area contributed by atoms with Crippen LogP contribution in [-0.4, -0.2) is 20.8 Å². The molecular weight excluding hydrogens is 465 g/mol. The number of anilines is 1. The van der Waals surface area contributed by atoms with Gasteiger partial charge in [0, 0.05) is 16.5 Å². The van der Waals surface area contributed by atoms with Crippen LogP contribution in [0.5, 0.6) is 0 Å². The largest absolute Gasteiger partial charge is 0.331 e. The first kappa shape index (κ1) is 22.2. The third-order valence-electron chi connectivity index (χ3n) is 4.50. The summed E-state index contributed by atoms with van der Waals surface area (Å²) in [6, 6.07) is 24.1. The molecule has 2 N–H and O–H groups in total. The summed E-state index contributed by atoms with van der Waals surface area (Å²) < 4.78 is 1.82. The molecule has 4 aromatic rings. The molecule has 0 aliphatic rings. The molecule has 32 heavy (non-hydrogen) atoms. The molecule has 0 fully saturated rings. The highest BCUT2D eigenvalue weighted by Crippen LogP contribution is 2.30. The molecule has 1 heterocycles. The standard InChI is InChI=1S/C23H19Cl2N5OS/c24-17-11-12-19(25)20(13-17)30-21(14-26-22(31)27-18-9-5-2-6-10-18)28-29-23(30)32-15-16-7-3-1-4-8-16/h1-13H,14-15H2,(H2,26,27,31). The highest BCUT2D eigenvalue weighted by atomic mass is 35.5. The number of urea groups is 1. The first-order valence-corrected chi connectivity index (χ1v) is 11.5. The SMILES string of the molecule is O=C(NCc1nnc(SCc2ccccc2)n1-c1cc(Cl)ccc1Cl)Nc1ccccc1. The molecule has 0 saturated heterocycles. The van der Waals surface area contributed by atoms with E-state index in [-0.39, 0.29) is 12.6 Å². The van der Waals surface area contributed by atoms with Crippen molar-refractivity contribution in [3.05, 3.63) is 100 Å². The van der Waals surface area contributed by atoms with E-state index in [1.165, 1.54) is 11.8 Å². The minimum absolute atomic E-state index is 0.153. The van der Waals surface area contributed by atoms with E-state index < -0.39 is 0 Å². The smallest absolute Gasteiger partial charge is 0.319 e. The van der Waals surface area contributed by atoms with E-state index in [4.69, 9.17) is 23.2 Å². The highest BCUT2D eigenvalue weighted by Gasteiger charge is 2.18. The van der Waals surface area contributed by atoms with E-state index >= 15 is 0 Å². The second-order valence-corrected chi connectivity index (χ2v) is 8.56. The summed E-state index contributed by atoms with van der Waals surface area (Å²) in [7, 11) is 0. The Labute approximate surface area is 200 Å². The summed E-state index contributed by atoms with van der Waals surface area (Å²) in [5, 5.41) is 15.9. The number of hydrogen-bond donors (Lipinski definition) is 2. The molecule has 1 aromatic heterocycles. The molecule has 0 radical (unpaired) electrons. The molecular formula is C23H19Cl2N5OS. The van der Waals surface area contributed by atoms with Gasteiger partial charge >= 0.3 is 6.03 Å². The molecule has 162 valence electrons. The van der Waals surface area contributed by atoms with Gasteiger partial charge < -0.3 is 10.6 Å². The normalized spacial score (nSPS) is 10.7. The maximum atomic E-state index is 12.3. The summed E-state index contributed by atoms with van der Waals surface area (Å²) in [4.78, 5) is 12.3. The van der Waals surface area contributed by atoms with E-state index in [2.05, 4.69) is 33.0 Å². The van der Waals surface area contributed by atoms with E-state index in [0.717, 1.165) is 5.56 Å². The molecule has 0 aliphatic heterocycles. The lowest BCUT2D eigenvalue weighted by Gasteiger charge is -2.13. The zero-order valence-corrected chi connectivity index (χ0v) is 19.2. The van der Waals surface area contributed by atoms with Crippen LogP contribution in [-0.2, 0) is 12.3 Å². The van der Waals surface area contributed by atoms with E-state index in [1.807, 2.05) is 53.1 Å². The van der Waals surface area contributed by atoms with Gasteiger partial charge in [-0.15, -0.1) is 10.2 Å². The fourth-order valence-corrected chi connectivity index (χ4v) is 4.27. The number of carbonyl (C=O) groups excluding carboxylic acids is 1. The van der Waals surface area contributed by atoms with Crippen molar-refractivity contribution in [2.45, 2.75) is 17.5 Å². The summed E-state index contributed by atoms with van der Waals surface area (Å²) >= 11 is 14.2. The fraction of sp³-hybridized carbons (Fsp3) is 0.0870. The van der Waals surface area contributed by atoms with Gasteiger partial charge in [0.1, 0.15) is 0 Å². The lowest BCUT2D eigenvalue weighted by Crippen LogP contribution is -2.29. The molecule has 3 aromatic carbocycles. The van der Waals surface area contributed by atoms with Crippen LogP contribution in [0.2, 0.25) is 10.0 Å². The molecule has 0 unspecified atom stereocenters. The maximum absolute atomic E-state index is 12.3. The Morgan fingerprint density at radius 2 is 1.66 bits per heavy atom. The van der Waals surface area contributed by atoms with Crippen molar-refractivity contribution in [3.8, 4) is 5.69 Å². The number of thioether (sulfide) groups is 1. The van der Waals surface area contributed by atoms with Gasteiger partial charge in [0.2, 0.25) is 0 Å². The predicted molar refractivity (Wildman–Crippen MR) is 130 cm³/mol. The van der Waals surface area contributed by atoms with Crippen LogP contribution in [0.3, 0.4) is 0 Å². The van der Waals surface area contributed by atoms with Crippen molar-refractivity contribution in [3.63, 3.8) is 0 Å². The van der Waals surface area contributed by atoms with Crippen molar-refractivity contribution < 1.29 is 4.79 Å². The summed E-state index contributed by atoms with van der Waals surface area (Å²) in [6.45, 7) is 0.153. The third-order valence-corrected chi connectivity index (χ3v) is 6.05. The second kappa shape index (κ2) is 10.5. The summed E-state index contributed by atoms with van der Waals surface area (Å²) in [5.41, 5.74) is 2.51. The monoisotopic (exact) mass is 483 g/mol. The topological polar surface area (TPSA) is 71.8 Å². The van der Waals surface area contributed by atoms with Crippen LogP contribution in [0.25, 0.3) is 5.69 Å². The van der Waals surface area contributed by atoms with Gasteiger partial charge in [-0.25, -0.2) is 4.79 Å². The van der Waals surface area contributed by atoms with Crippen LogP contribution in [0.15, 0.2) is 84.0 Å². The number of halogens is 2. The van der Waals surface area contributed by atoms with Crippen LogP contribution in [0, 0.1) is 0 Å². The number of benzene rings is 3. The van der Waals surface area contributed by atoms with Gasteiger partial charge in [-0.2, -0.15) is 0 Å². The Hall–Kier alpha value is -3.00. The summed E-state index contributed by atoms with van der Waals surface area (Å²) in [5.74, 6) is 1.24. The van der Waals surface area contributed by atoms with Crippen molar-refractivity contribution >= 4 is 46.7 Å². The van der Waals surface area contributed by atoms with Crippen LogP contribution in [0.4, 0.5) is 10.5 Å². The Balaban J connectivity index is 1.56. The quantitative estimate of drug-likeness (QED) is 0.307. The number of carbonyl (C=O) groups is 1. The van der Waals surface area contributed by atoms with Gasteiger partial charge in [0.25, 0.3) is 0 Å². The fourth-order valence-electron chi connectivity index (χ4n) is 2.99. The Morgan fingerprint density at radius 1 is 0.938 bits per heavy atom. The van der Waals surface area contributed by atoms with Gasteiger partial charge in [-0.1, -0.05) is 83.5 Å². The number of aromatic nitrogens is 3. The van der Waals surface area contributed by atoms with Gasteiger partial charge in [0.05, 0.1) is 17.3 Å². The highest BCUT2D eigenvalue weighted by molar-refractivity contribution is 7.98. The van der Waals surface area contributed by atoms with Crippen molar-refractivity contribution in [1.82, 2.24) is 20.1 Å². The minimum Gasteiger partial charge on any atom is -0.331 e. The van der Waals surface area contributed by atoms with E-state index in [1.54, 1.807) is 18.2 Å². The summed E-state index contributed by atoms with van der Waals surface area (Å²) in [6.07, 6.45) is 0. The molecule has 0 saturated carbocycles. The Morgan fingerprint density at radius 3 is 2.41 bits per heavy atom. The number of nitrogens with one attached hydrogen (secondary N) is 2. The predicted octanol–water partition coefficient (Wildman–Crippen LogP) is 6.19. The van der Waals surface area contributed by atoms with Crippen molar-refractivity contribution in [2.75, 3.05) is 5.32 Å². The van der Waals surface area contributed by atoms with Crippen molar-refractivity contribution in [1.29, 1.82) is 0 Å². The van der Waals surface area contributed by atoms with Gasteiger partial charge in [0.15, 0.2) is 11.0 Å². The number of amides is 2. The minimum atomic E-state index is -0.346. The molecule has 0 bridgehead atoms. The number of nitrogens with zero attached hydrogens (tertiary/aromatic N) is 3. The second-order valence-electron chi connectivity index (χ2n) is 6.78. The third kappa shape index (κ3) is 5.62. The molecule has 9 heteroatoms. The average molecular weight is 484 g/mol. The average Bonchev–Trinajstić information content (AvgIpc) is 3.22. The number of hydrogen-bond acceptors (Lipinski definition) is 4. The Kier molecular flexibility index (Phi) is 7.32. The number of para-hydroxylation sites is 1. The maximum Gasteiger partial charge on any atom is 0.319 e. The van der Waals surface area contributed by atoms with Crippen LogP contribution < -0.4 is 10.6 Å². The molecule has 0 atom stereocenters. The molecule has 0 aliphatic carbocycles.